The van der Waals surface area contributed by atoms with Crippen molar-refractivity contribution in [1.82, 2.24) is 25.9 Å². The van der Waals surface area contributed by atoms with Gasteiger partial charge in [0.05, 0.1) is 12.4 Å². The fourth-order valence-corrected chi connectivity index (χ4v) is 3.07. The lowest BCUT2D eigenvalue weighted by Gasteiger charge is -2.23. The molecular weight excluding hydrogens is 436 g/mol. The minimum absolute atomic E-state index is 0.0669. The summed E-state index contributed by atoms with van der Waals surface area (Å²) in [6.45, 7) is -0.592. The first-order valence-electron chi connectivity index (χ1n) is 9.78. The van der Waals surface area contributed by atoms with Crippen molar-refractivity contribution in [3.05, 3.63) is 54.1 Å². The van der Waals surface area contributed by atoms with Crippen molar-refractivity contribution < 1.29 is 24.3 Å². The Labute approximate surface area is 190 Å². The van der Waals surface area contributed by atoms with Crippen LogP contribution in [0, 0.1) is 0 Å². The molecule has 2 aromatic rings. The van der Waals surface area contributed by atoms with Crippen LogP contribution in [-0.2, 0) is 32.0 Å². The minimum Gasteiger partial charge on any atom is -0.480 e. The second-order valence-electron chi connectivity index (χ2n) is 6.99. The third-order valence-corrected chi connectivity index (χ3v) is 4.84. The number of thiol groups is 1. The van der Waals surface area contributed by atoms with Crippen molar-refractivity contribution in [2.45, 2.75) is 31.0 Å². The zero-order valence-electron chi connectivity index (χ0n) is 17.2. The second kappa shape index (κ2) is 12.5. The van der Waals surface area contributed by atoms with Crippen molar-refractivity contribution in [3.63, 3.8) is 0 Å². The zero-order valence-corrected chi connectivity index (χ0v) is 18.0. The maximum Gasteiger partial charge on any atom is 0.322 e. The van der Waals surface area contributed by atoms with Gasteiger partial charge < -0.3 is 31.8 Å². The summed E-state index contributed by atoms with van der Waals surface area (Å²) in [6, 6.07) is 5.98. The van der Waals surface area contributed by atoms with Gasteiger partial charge in [-0.3, -0.25) is 19.2 Å². The third-order valence-electron chi connectivity index (χ3n) is 4.48. The molecule has 0 radical (unpaired) electrons. The standard InChI is InChI=1S/C20H26N6O5S/c21-14(7-13-8-22-11-24-13)18(29)25-15(6-12-4-2-1-3-5-12)20(31)26-16(10-32)19(30)23-9-17(27)28/h1-5,8,11,14-16,32H,6-7,9-10,21H2,(H,22,24)(H,23,30)(H,25,29)(H,26,31)(H,27,28). The number of imidazole rings is 1. The van der Waals surface area contributed by atoms with Crippen LogP contribution in [0.2, 0.25) is 0 Å². The number of aromatic amines is 1. The molecule has 2 rings (SSSR count). The molecule has 1 heterocycles. The fraction of sp³-hybridized carbons (Fsp3) is 0.350. The fourth-order valence-electron chi connectivity index (χ4n) is 2.82. The number of carboxylic acids is 1. The van der Waals surface area contributed by atoms with Gasteiger partial charge in [-0.05, 0) is 5.56 Å². The number of nitrogens with zero attached hydrogens (tertiary/aromatic N) is 1. The Balaban J connectivity index is 2.08. The molecule has 0 aliphatic rings. The molecule has 0 saturated heterocycles. The van der Waals surface area contributed by atoms with E-state index in [0.29, 0.717) is 5.69 Å². The number of carbonyl (C=O) groups excluding carboxylic acids is 3. The van der Waals surface area contributed by atoms with E-state index in [1.807, 2.05) is 6.07 Å². The minimum atomic E-state index is -1.22. The van der Waals surface area contributed by atoms with Gasteiger partial charge in [0.25, 0.3) is 0 Å². The number of amides is 3. The maximum atomic E-state index is 12.9. The van der Waals surface area contributed by atoms with Crippen molar-refractivity contribution in [3.8, 4) is 0 Å². The molecule has 0 bridgehead atoms. The van der Waals surface area contributed by atoms with Crippen LogP contribution in [0.25, 0.3) is 0 Å². The molecule has 12 heteroatoms. The number of carboxylic acid groups (broad SMARTS) is 1. The molecule has 11 nitrogen and oxygen atoms in total. The number of nitrogens with one attached hydrogen (secondary N) is 4. The molecule has 0 saturated carbocycles. The van der Waals surface area contributed by atoms with Crippen LogP contribution in [-0.4, -0.2) is 69.2 Å². The van der Waals surface area contributed by atoms with Gasteiger partial charge in [0.1, 0.15) is 18.6 Å². The lowest BCUT2D eigenvalue weighted by Crippen LogP contribution is -2.57. The highest BCUT2D eigenvalue weighted by Crippen LogP contribution is 2.06. The number of benzene rings is 1. The second-order valence-corrected chi connectivity index (χ2v) is 7.36. The molecule has 0 fully saturated rings. The first kappa shape index (κ1) is 24.9. The molecule has 1 aromatic heterocycles. The summed E-state index contributed by atoms with van der Waals surface area (Å²) >= 11 is 4.05. The SMILES string of the molecule is NC(Cc1cnc[nH]1)C(=O)NC(Cc1ccccc1)C(=O)NC(CS)C(=O)NCC(=O)O. The van der Waals surface area contributed by atoms with E-state index in [-0.39, 0.29) is 18.6 Å². The molecule has 0 aliphatic carbocycles. The topological polar surface area (TPSA) is 179 Å². The highest BCUT2D eigenvalue weighted by atomic mass is 32.1. The summed E-state index contributed by atoms with van der Waals surface area (Å²) in [4.78, 5) is 55.1. The summed E-state index contributed by atoms with van der Waals surface area (Å²) in [5.74, 6) is -3.16. The lowest BCUT2D eigenvalue weighted by atomic mass is 10.0. The summed E-state index contributed by atoms with van der Waals surface area (Å²) in [6.07, 6.45) is 3.38. The number of H-pyrrole nitrogens is 1. The molecule has 3 unspecified atom stereocenters. The van der Waals surface area contributed by atoms with Crippen LogP contribution in [0.5, 0.6) is 0 Å². The van der Waals surface area contributed by atoms with Gasteiger partial charge >= 0.3 is 5.97 Å². The lowest BCUT2D eigenvalue weighted by molar-refractivity contribution is -0.138. The monoisotopic (exact) mass is 462 g/mol. The van der Waals surface area contributed by atoms with Gasteiger partial charge in [-0.15, -0.1) is 0 Å². The van der Waals surface area contributed by atoms with Gasteiger partial charge in [0.15, 0.2) is 0 Å². The number of aromatic nitrogens is 2. The van der Waals surface area contributed by atoms with Crippen LogP contribution in [0.4, 0.5) is 0 Å². The number of carbonyl (C=O) groups is 4. The number of nitrogens with two attached hydrogens (primary N) is 1. The first-order chi connectivity index (χ1) is 15.3. The quantitative estimate of drug-likeness (QED) is 0.190. The summed E-state index contributed by atoms with van der Waals surface area (Å²) in [7, 11) is 0. The molecule has 1 aromatic carbocycles. The Morgan fingerprint density at radius 2 is 1.72 bits per heavy atom. The highest BCUT2D eigenvalue weighted by molar-refractivity contribution is 7.80. The number of hydrogen-bond donors (Lipinski definition) is 7. The Morgan fingerprint density at radius 3 is 2.31 bits per heavy atom. The van der Waals surface area contributed by atoms with Gasteiger partial charge in [-0.2, -0.15) is 12.6 Å². The van der Waals surface area contributed by atoms with Crippen LogP contribution in [0.15, 0.2) is 42.9 Å². The van der Waals surface area contributed by atoms with E-state index >= 15 is 0 Å². The van der Waals surface area contributed by atoms with E-state index in [0.717, 1.165) is 5.56 Å². The Kier molecular flexibility index (Phi) is 9.70. The average Bonchev–Trinajstić information content (AvgIpc) is 3.28. The Bertz CT molecular complexity index is 908. The predicted octanol–water partition coefficient (Wildman–Crippen LogP) is -1.38. The van der Waals surface area contributed by atoms with E-state index in [2.05, 4.69) is 38.5 Å². The number of aliphatic carboxylic acids is 1. The van der Waals surface area contributed by atoms with Crippen molar-refractivity contribution in [2.24, 2.45) is 5.73 Å². The maximum absolute atomic E-state index is 12.9. The van der Waals surface area contributed by atoms with Gasteiger partial charge in [0, 0.05) is 30.5 Å². The van der Waals surface area contributed by atoms with Gasteiger partial charge in [-0.25, -0.2) is 4.98 Å². The Hall–Kier alpha value is -3.38. The molecule has 3 atom stereocenters. The first-order valence-corrected chi connectivity index (χ1v) is 10.4. The normalized spacial score (nSPS) is 13.4. The molecule has 32 heavy (non-hydrogen) atoms. The van der Waals surface area contributed by atoms with Crippen LogP contribution >= 0.6 is 12.6 Å². The molecule has 172 valence electrons. The largest absolute Gasteiger partial charge is 0.480 e. The summed E-state index contributed by atoms with van der Waals surface area (Å²) in [5.41, 5.74) is 7.42. The van der Waals surface area contributed by atoms with Crippen molar-refractivity contribution >= 4 is 36.3 Å². The highest BCUT2D eigenvalue weighted by Gasteiger charge is 2.28. The van der Waals surface area contributed by atoms with Crippen LogP contribution in [0.3, 0.4) is 0 Å². The molecular formula is C20H26N6O5S. The van der Waals surface area contributed by atoms with E-state index in [9.17, 15) is 19.2 Å². The number of hydrogen-bond acceptors (Lipinski definition) is 7. The third kappa shape index (κ3) is 8.04. The average molecular weight is 463 g/mol. The predicted molar refractivity (Wildman–Crippen MR) is 119 cm³/mol. The van der Waals surface area contributed by atoms with Crippen molar-refractivity contribution in [1.29, 1.82) is 0 Å². The zero-order chi connectivity index (χ0) is 23.5. The molecule has 3 amide bonds. The van der Waals surface area contributed by atoms with E-state index < -0.39 is 48.4 Å². The smallest absolute Gasteiger partial charge is 0.322 e. The molecule has 7 N–H and O–H groups in total. The van der Waals surface area contributed by atoms with Gasteiger partial charge in [-0.1, -0.05) is 30.3 Å². The van der Waals surface area contributed by atoms with Crippen molar-refractivity contribution in [2.75, 3.05) is 12.3 Å². The molecule has 0 spiro atoms. The van der Waals surface area contributed by atoms with E-state index in [1.165, 1.54) is 6.33 Å². The Morgan fingerprint density at radius 1 is 1.03 bits per heavy atom. The summed E-state index contributed by atoms with van der Waals surface area (Å²) < 4.78 is 0. The summed E-state index contributed by atoms with van der Waals surface area (Å²) in [5, 5.41) is 16.0. The van der Waals surface area contributed by atoms with Crippen LogP contribution < -0.4 is 21.7 Å². The van der Waals surface area contributed by atoms with Gasteiger partial charge in [0.2, 0.25) is 17.7 Å². The number of rotatable bonds is 12. The van der Waals surface area contributed by atoms with Crippen LogP contribution in [0.1, 0.15) is 11.3 Å². The van der Waals surface area contributed by atoms with E-state index in [1.54, 1.807) is 30.5 Å². The van der Waals surface area contributed by atoms with E-state index in [4.69, 9.17) is 10.8 Å². The molecule has 0 aliphatic heterocycles.